The molecule has 1 aliphatic carbocycles. The maximum Gasteiger partial charge on any atom is 0.267 e. The van der Waals surface area contributed by atoms with Gasteiger partial charge in [-0.15, -0.1) is 0 Å². The number of nitrogens with one attached hydrogen (secondary N) is 1. The van der Waals surface area contributed by atoms with Crippen molar-refractivity contribution in [1.82, 2.24) is 0 Å². The number of carbonyl (C=O) groups is 4. The van der Waals surface area contributed by atoms with Crippen molar-refractivity contribution in [2.75, 3.05) is 10.2 Å². The van der Waals surface area contributed by atoms with E-state index < -0.39 is 23.4 Å². The van der Waals surface area contributed by atoms with Gasteiger partial charge in [0.15, 0.2) is 0 Å². The van der Waals surface area contributed by atoms with Crippen LogP contribution in [0.5, 0.6) is 0 Å². The molecule has 2 aliphatic heterocycles. The van der Waals surface area contributed by atoms with E-state index in [0.29, 0.717) is 47.0 Å². The molecule has 14 heteroatoms. The number of hydrogen-bond donors (Lipinski definition) is 1. The normalized spacial score (nSPS) is 15.7. The molecule has 200 valence electrons. The molecule has 40 heavy (non-hydrogen) atoms. The molecule has 0 spiro atoms. The Bertz CT molecular complexity index is 1800. The number of amides is 2. The maximum atomic E-state index is 13.7. The molecule has 1 N–H and O–H groups in total. The Morgan fingerprint density at radius 2 is 1.00 bits per heavy atom. The van der Waals surface area contributed by atoms with E-state index in [4.69, 9.17) is 0 Å². The highest BCUT2D eigenvalue weighted by atomic mass is 79.9. The monoisotopic (exact) mass is 1040 g/mol. The number of benzene rings is 3. The smallest absolute Gasteiger partial charge is 0.267 e. The van der Waals surface area contributed by atoms with Gasteiger partial charge in [0.1, 0.15) is 0 Å². The summed E-state index contributed by atoms with van der Waals surface area (Å²) in [5, 5.41) is 3.18. The molecule has 2 amide bonds. The topological polar surface area (TPSA) is 83.6 Å². The van der Waals surface area contributed by atoms with Gasteiger partial charge in [0.25, 0.3) is 11.8 Å². The molecule has 0 saturated carbocycles. The summed E-state index contributed by atoms with van der Waals surface area (Å²) in [5.74, 6) is -1.97. The van der Waals surface area contributed by atoms with Gasteiger partial charge in [-0.05, 0) is 140 Å². The summed E-state index contributed by atoms with van der Waals surface area (Å²) in [7, 11) is 0. The second-order valence-electron chi connectivity index (χ2n) is 8.60. The third-order valence-electron chi connectivity index (χ3n) is 6.55. The quantitative estimate of drug-likeness (QED) is 0.0863. The van der Waals surface area contributed by atoms with E-state index >= 15 is 0 Å². The number of halogens is 8. The fourth-order valence-electron chi connectivity index (χ4n) is 4.74. The Kier molecular flexibility index (Phi) is 7.67. The Morgan fingerprint density at radius 1 is 0.550 bits per heavy atom. The molecule has 6 rings (SSSR count). The molecule has 0 aromatic heterocycles. The Labute approximate surface area is 293 Å². The minimum Gasteiger partial charge on any atom is -0.353 e. The lowest BCUT2D eigenvalue weighted by Crippen LogP contribution is -2.30. The molecule has 6 nitrogen and oxygen atoms in total. The third kappa shape index (κ3) is 4.03. The van der Waals surface area contributed by atoms with Crippen molar-refractivity contribution >= 4 is 168 Å². The number of fused-ring (bicyclic) bond motifs is 3. The Morgan fingerprint density at radius 3 is 1.48 bits per heavy atom. The molecular weight excluding hydrogens is 1040 g/mol. The largest absolute Gasteiger partial charge is 0.353 e. The number of Topliss-reactive ketones (excluding diaryl/α,β-unsaturated/α-hetero) is 2. The lowest BCUT2D eigenvalue weighted by molar-refractivity contribution is 0.0922. The summed E-state index contributed by atoms with van der Waals surface area (Å²) >= 11 is 27.5. The van der Waals surface area contributed by atoms with Crippen LogP contribution >= 0.6 is 127 Å². The first-order valence-corrected chi connectivity index (χ1v) is 17.2. The number of para-hydroxylation sites is 1. The van der Waals surface area contributed by atoms with Crippen LogP contribution in [0.1, 0.15) is 47.0 Å². The van der Waals surface area contributed by atoms with E-state index in [0.717, 1.165) is 4.90 Å². The molecule has 0 unspecified atom stereocenters. The predicted molar refractivity (Wildman–Crippen MR) is 180 cm³/mol. The van der Waals surface area contributed by atoms with Crippen LogP contribution in [0.4, 0.5) is 11.4 Å². The number of rotatable bonds is 1. The number of imide groups is 1. The number of hydrogen-bond acceptors (Lipinski definition) is 5. The zero-order valence-corrected chi connectivity index (χ0v) is 31.7. The SMILES string of the molecule is O=C1C(=C2C=Cc3cccc(N4C(=O)c5c(Br)c(Br)c(Br)c(Br)c5C4=O)c3N2)C(=O)c2c(Br)c(Br)c(Br)c(Br)c21. The van der Waals surface area contributed by atoms with Gasteiger partial charge in [-0.3, -0.25) is 19.2 Å². The minimum atomic E-state index is -0.525. The molecule has 3 aliphatic rings. The molecule has 2 heterocycles. The van der Waals surface area contributed by atoms with E-state index in [9.17, 15) is 19.2 Å². The van der Waals surface area contributed by atoms with Crippen LogP contribution in [-0.2, 0) is 0 Å². The van der Waals surface area contributed by atoms with Gasteiger partial charge in [-0.25, -0.2) is 4.90 Å². The van der Waals surface area contributed by atoms with Crippen molar-refractivity contribution in [2.45, 2.75) is 0 Å². The summed E-state index contributed by atoms with van der Waals surface area (Å²) in [6.45, 7) is 0. The highest BCUT2D eigenvalue weighted by molar-refractivity contribution is 9.15. The summed E-state index contributed by atoms with van der Waals surface area (Å²) in [5.41, 5.74) is 2.42. The van der Waals surface area contributed by atoms with E-state index in [2.05, 4.69) is 133 Å². The molecule has 3 aromatic carbocycles. The van der Waals surface area contributed by atoms with E-state index in [-0.39, 0.29) is 39.2 Å². The first-order valence-electron chi connectivity index (χ1n) is 10.9. The van der Waals surface area contributed by atoms with Crippen LogP contribution in [0, 0.1) is 0 Å². The van der Waals surface area contributed by atoms with Gasteiger partial charge in [-0.2, -0.15) is 0 Å². The first-order chi connectivity index (χ1) is 18.9. The Hall–Kier alpha value is -0.740. The third-order valence-corrected chi connectivity index (χ3v) is 16.1. The highest BCUT2D eigenvalue weighted by Gasteiger charge is 2.44. The second kappa shape index (κ2) is 10.5. The number of allylic oxidation sites excluding steroid dienone is 2. The van der Waals surface area contributed by atoms with Crippen molar-refractivity contribution < 1.29 is 19.2 Å². The van der Waals surface area contributed by atoms with E-state index in [1.807, 2.05) is 0 Å². The van der Waals surface area contributed by atoms with E-state index in [1.165, 1.54) is 0 Å². The fraction of sp³-hybridized carbons (Fsp3) is 0. The Balaban J connectivity index is 1.49. The summed E-state index contributed by atoms with van der Waals surface area (Å²) in [4.78, 5) is 55.7. The van der Waals surface area contributed by atoms with Gasteiger partial charge >= 0.3 is 0 Å². The molecule has 0 atom stereocenters. The zero-order chi connectivity index (χ0) is 28.9. The molecule has 0 fully saturated rings. The van der Waals surface area contributed by atoms with Crippen molar-refractivity contribution in [3.63, 3.8) is 0 Å². The number of carbonyl (C=O) groups excluding carboxylic acids is 4. The summed E-state index contributed by atoms with van der Waals surface area (Å²) < 4.78 is 4.12. The van der Waals surface area contributed by atoms with Crippen molar-refractivity contribution in [2.24, 2.45) is 0 Å². The second-order valence-corrected chi connectivity index (χ2v) is 14.9. The predicted octanol–water partition coefficient (Wildman–Crippen LogP) is 10.4. The average molecular weight is 1050 g/mol. The van der Waals surface area contributed by atoms with Crippen LogP contribution in [0.3, 0.4) is 0 Å². The number of ketones is 2. The van der Waals surface area contributed by atoms with Crippen LogP contribution in [0.25, 0.3) is 6.08 Å². The van der Waals surface area contributed by atoms with Crippen molar-refractivity contribution in [1.29, 1.82) is 0 Å². The molecule has 0 saturated heterocycles. The van der Waals surface area contributed by atoms with Gasteiger partial charge in [0, 0.05) is 41.3 Å². The lowest BCUT2D eigenvalue weighted by atomic mass is 10.0. The van der Waals surface area contributed by atoms with Gasteiger partial charge in [-0.1, -0.05) is 18.2 Å². The van der Waals surface area contributed by atoms with Crippen LogP contribution in [0.15, 0.2) is 71.3 Å². The van der Waals surface area contributed by atoms with Crippen LogP contribution in [0.2, 0.25) is 0 Å². The lowest BCUT2D eigenvalue weighted by Gasteiger charge is -2.24. The molecule has 0 bridgehead atoms. The maximum absolute atomic E-state index is 13.7. The number of anilines is 2. The standard InChI is InChI=1S/C26H6Br8N2O4/c27-14-10-11(15(28)19(32)18(14)31)24(38)9(23(10)37)7-5-4-6-2-1-3-8(22(6)35-7)36-25(39)12-13(26(36)40)17(30)21(34)20(33)16(12)29/h1-5,35H. The van der Waals surface area contributed by atoms with Gasteiger partial charge < -0.3 is 5.32 Å². The zero-order valence-electron chi connectivity index (χ0n) is 19.0. The van der Waals surface area contributed by atoms with Crippen molar-refractivity contribution in [3.8, 4) is 0 Å². The minimum absolute atomic E-state index is 0.0567. The van der Waals surface area contributed by atoms with Crippen LogP contribution in [-0.4, -0.2) is 23.4 Å². The summed E-state index contributed by atoms with van der Waals surface area (Å²) in [6, 6.07) is 5.16. The molecular formula is C26H6Br8N2O4. The first kappa shape index (κ1) is 29.3. The van der Waals surface area contributed by atoms with Gasteiger partial charge in [0.2, 0.25) is 11.6 Å². The molecule has 3 aromatic rings. The van der Waals surface area contributed by atoms with Crippen LogP contribution < -0.4 is 10.2 Å². The fourth-order valence-corrected chi connectivity index (χ4v) is 9.67. The molecule has 0 radical (unpaired) electrons. The highest BCUT2D eigenvalue weighted by Crippen LogP contribution is 2.49. The van der Waals surface area contributed by atoms with E-state index in [1.54, 1.807) is 30.4 Å². The summed E-state index contributed by atoms with van der Waals surface area (Å²) in [6.07, 6.45) is 3.37. The number of nitrogens with zero attached hydrogens (tertiary/aromatic N) is 1. The van der Waals surface area contributed by atoms with Gasteiger partial charge in [0.05, 0.1) is 44.9 Å². The average Bonchev–Trinajstić information content (AvgIpc) is 3.35. The van der Waals surface area contributed by atoms with Crippen molar-refractivity contribution in [3.05, 3.63) is 99.1 Å².